The van der Waals surface area contributed by atoms with E-state index < -0.39 is 12.1 Å². The van der Waals surface area contributed by atoms with Gasteiger partial charge in [0.05, 0.1) is 0 Å². The lowest BCUT2D eigenvalue weighted by atomic mass is 9.91. The monoisotopic (exact) mass is 224 g/mol. The molecule has 15 heavy (non-hydrogen) atoms. The summed E-state index contributed by atoms with van der Waals surface area (Å²) in [6.07, 6.45) is -2.30. The number of halogens is 3. The molecular weight excluding hydrogens is 209 g/mol. The molecule has 0 aromatic heterocycles. The molecule has 1 rings (SSSR count). The maximum Gasteiger partial charge on any atom is 0.471 e. The minimum atomic E-state index is -4.77. The Balaban J connectivity index is 2.54. The highest BCUT2D eigenvalue weighted by Crippen LogP contribution is 2.25. The van der Waals surface area contributed by atoms with E-state index >= 15 is 0 Å². The molecule has 1 aliphatic rings. The van der Waals surface area contributed by atoms with Crippen molar-refractivity contribution >= 4 is 5.91 Å². The molecule has 6 heteroatoms. The average molecular weight is 224 g/mol. The number of hydrogen-bond donors (Lipinski definition) is 1. The van der Waals surface area contributed by atoms with E-state index in [9.17, 15) is 18.0 Å². The van der Waals surface area contributed by atoms with Crippen molar-refractivity contribution in [2.75, 3.05) is 7.05 Å². The summed E-state index contributed by atoms with van der Waals surface area (Å²) < 4.78 is 36.3. The number of nitrogens with two attached hydrogens (primary N) is 1. The Morgan fingerprint density at radius 3 is 2.13 bits per heavy atom. The van der Waals surface area contributed by atoms with E-state index in [1.165, 1.54) is 7.05 Å². The molecule has 0 saturated heterocycles. The third-order valence-corrected chi connectivity index (χ3v) is 2.85. The van der Waals surface area contributed by atoms with Crippen molar-refractivity contribution in [3.8, 4) is 0 Å². The molecule has 1 fully saturated rings. The van der Waals surface area contributed by atoms with Crippen LogP contribution in [0, 0.1) is 0 Å². The van der Waals surface area contributed by atoms with Crippen LogP contribution in [0.4, 0.5) is 13.2 Å². The van der Waals surface area contributed by atoms with E-state index in [-0.39, 0.29) is 12.1 Å². The number of hydrogen-bond acceptors (Lipinski definition) is 2. The molecule has 0 aromatic carbocycles. The van der Waals surface area contributed by atoms with Gasteiger partial charge in [0.15, 0.2) is 0 Å². The second-order valence-corrected chi connectivity index (χ2v) is 3.98. The van der Waals surface area contributed by atoms with Crippen LogP contribution in [0.15, 0.2) is 0 Å². The topological polar surface area (TPSA) is 46.3 Å². The Labute approximate surface area is 86.4 Å². The second-order valence-electron chi connectivity index (χ2n) is 3.98. The normalized spacial score (nSPS) is 27.5. The predicted octanol–water partition coefficient (Wildman–Crippen LogP) is 1.28. The van der Waals surface area contributed by atoms with E-state index in [0.717, 1.165) is 4.90 Å². The first-order valence-electron chi connectivity index (χ1n) is 4.92. The quantitative estimate of drug-likeness (QED) is 0.729. The number of rotatable bonds is 1. The Bertz CT molecular complexity index is 234. The van der Waals surface area contributed by atoms with Crippen LogP contribution in [0.3, 0.4) is 0 Å². The minimum absolute atomic E-state index is 0.0654. The van der Waals surface area contributed by atoms with Crippen LogP contribution < -0.4 is 5.73 Å². The molecule has 0 aliphatic heterocycles. The summed E-state index contributed by atoms with van der Waals surface area (Å²) >= 11 is 0. The molecule has 0 spiro atoms. The molecule has 1 amide bonds. The van der Waals surface area contributed by atoms with Crippen LogP contribution in [0.5, 0.6) is 0 Å². The van der Waals surface area contributed by atoms with Gasteiger partial charge in [0.1, 0.15) is 0 Å². The summed E-state index contributed by atoms with van der Waals surface area (Å²) in [6.45, 7) is 0. The Morgan fingerprint density at radius 2 is 1.73 bits per heavy atom. The zero-order chi connectivity index (χ0) is 11.6. The van der Waals surface area contributed by atoms with Crippen LogP contribution in [0.2, 0.25) is 0 Å². The predicted molar refractivity (Wildman–Crippen MR) is 49.1 cm³/mol. The molecule has 0 atom stereocenters. The van der Waals surface area contributed by atoms with Gasteiger partial charge in [-0.1, -0.05) is 0 Å². The standard InChI is InChI=1S/C9H15F3N2O/c1-14(8(15)9(10,11)12)7-4-2-6(13)3-5-7/h6-7H,2-5,13H2,1H3. The van der Waals surface area contributed by atoms with Crippen LogP contribution in [-0.4, -0.2) is 36.1 Å². The fraction of sp³-hybridized carbons (Fsp3) is 0.889. The maximum atomic E-state index is 12.1. The van der Waals surface area contributed by atoms with Crippen LogP contribution in [-0.2, 0) is 4.79 Å². The van der Waals surface area contributed by atoms with E-state index in [1.807, 2.05) is 0 Å². The number of carbonyl (C=O) groups excluding carboxylic acids is 1. The molecule has 1 aliphatic carbocycles. The fourth-order valence-corrected chi connectivity index (χ4v) is 1.85. The molecular formula is C9H15F3N2O. The lowest BCUT2D eigenvalue weighted by Crippen LogP contribution is -2.47. The highest BCUT2D eigenvalue weighted by molar-refractivity contribution is 5.81. The molecule has 0 unspecified atom stereocenters. The molecule has 2 N–H and O–H groups in total. The van der Waals surface area contributed by atoms with Crippen molar-refractivity contribution in [1.82, 2.24) is 4.90 Å². The van der Waals surface area contributed by atoms with Crippen LogP contribution in [0.1, 0.15) is 25.7 Å². The van der Waals surface area contributed by atoms with Gasteiger partial charge in [0, 0.05) is 19.1 Å². The smallest absolute Gasteiger partial charge is 0.335 e. The van der Waals surface area contributed by atoms with Crippen molar-refractivity contribution in [2.24, 2.45) is 5.73 Å². The zero-order valence-electron chi connectivity index (χ0n) is 8.55. The van der Waals surface area contributed by atoms with Gasteiger partial charge in [0.25, 0.3) is 0 Å². The number of nitrogens with zero attached hydrogens (tertiary/aromatic N) is 1. The minimum Gasteiger partial charge on any atom is -0.335 e. The van der Waals surface area contributed by atoms with E-state index in [2.05, 4.69) is 0 Å². The number of amides is 1. The summed E-state index contributed by atoms with van der Waals surface area (Å²) in [5.41, 5.74) is 5.63. The number of carbonyl (C=O) groups is 1. The summed E-state index contributed by atoms with van der Waals surface area (Å²) in [4.78, 5) is 11.7. The summed E-state index contributed by atoms with van der Waals surface area (Å²) in [5, 5.41) is 0. The SMILES string of the molecule is CN(C(=O)C(F)(F)F)C1CCC(N)CC1. The van der Waals surface area contributed by atoms with Crippen molar-refractivity contribution < 1.29 is 18.0 Å². The first-order chi connectivity index (χ1) is 6.82. The van der Waals surface area contributed by atoms with E-state index in [4.69, 9.17) is 5.73 Å². The van der Waals surface area contributed by atoms with Crippen LogP contribution >= 0.6 is 0 Å². The Hall–Kier alpha value is -0.780. The van der Waals surface area contributed by atoms with Gasteiger partial charge in [0.2, 0.25) is 0 Å². The van der Waals surface area contributed by atoms with Crippen molar-refractivity contribution in [3.05, 3.63) is 0 Å². The molecule has 0 bridgehead atoms. The van der Waals surface area contributed by atoms with E-state index in [1.54, 1.807) is 0 Å². The highest BCUT2D eigenvalue weighted by Gasteiger charge is 2.43. The number of alkyl halides is 3. The zero-order valence-corrected chi connectivity index (χ0v) is 8.55. The van der Waals surface area contributed by atoms with Gasteiger partial charge in [-0.2, -0.15) is 13.2 Å². The van der Waals surface area contributed by atoms with Gasteiger partial charge in [-0.15, -0.1) is 0 Å². The first-order valence-corrected chi connectivity index (χ1v) is 4.92. The van der Waals surface area contributed by atoms with Crippen LogP contribution in [0.25, 0.3) is 0 Å². The third-order valence-electron chi connectivity index (χ3n) is 2.85. The Kier molecular flexibility index (Phi) is 3.59. The summed E-state index contributed by atoms with van der Waals surface area (Å²) in [7, 11) is 1.21. The van der Waals surface area contributed by atoms with Gasteiger partial charge in [-0.3, -0.25) is 4.79 Å². The molecule has 0 heterocycles. The van der Waals surface area contributed by atoms with Gasteiger partial charge in [-0.05, 0) is 25.7 Å². The third kappa shape index (κ3) is 3.09. The second kappa shape index (κ2) is 4.38. The van der Waals surface area contributed by atoms with Gasteiger partial charge >= 0.3 is 12.1 Å². The van der Waals surface area contributed by atoms with E-state index in [0.29, 0.717) is 25.7 Å². The molecule has 1 saturated carbocycles. The fourth-order valence-electron chi connectivity index (χ4n) is 1.85. The highest BCUT2D eigenvalue weighted by atomic mass is 19.4. The molecule has 0 aromatic rings. The first kappa shape index (κ1) is 12.3. The summed E-state index contributed by atoms with van der Waals surface area (Å²) in [5.74, 6) is -1.76. The van der Waals surface area contributed by atoms with Crippen molar-refractivity contribution in [2.45, 2.75) is 43.9 Å². The average Bonchev–Trinajstić information content (AvgIpc) is 2.15. The molecule has 0 radical (unpaired) electrons. The Morgan fingerprint density at radius 1 is 1.27 bits per heavy atom. The lowest BCUT2D eigenvalue weighted by Gasteiger charge is -2.33. The summed E-state index contributed by atoms with van der Waals surface area (Å²) in [6, 6.07) is -0.255. The van der Waals surface area contributed by atoms with Gasteiger partial charge < -0.3 is 10.6 Å². The maximum absolute atomic E-state index is 12.1. The van der Waals surface area contributed by atoms with Crippen molar-refractivity contribution in [3.63, 3.8) is 0 Å². The lowest BCUT2D eigenvalue weighted by molar-refractivity contribution is -0.186. The molecule has 3 nitrogen and oxygen atoms in total. The molecule has 88 valence electrons. The largest absolute Gasteiger partial charge is 0.471 e. The van der Waals surface area contributed by atoms with Gasteiger partial charge in [-0.25, -0.2) is 0 Å². The van der Waals surface area contributed by atoms with Crippen molar-refractivity contribution in [1.29, 1.82) is 0 Å².